The summed E-state index contributed by atoms with van der Waals surface area (Å²) in [5.41, 5.74) is 0. The van der Waals surface area contributed by atoms with Gasteiger partial charge < -0.3 is 0 Å². The Balaban J connectivity index is 2.19. The molecule has 0 N–H and O–H groups in total. The molecule has 1 aliphatic rings. The maximum atomic E-state index is 5.02. The van der Waals surface area contributed by atoms with Crippen molar-refractivity contribution in [2.45, 2.75) is 6.42 Å². The minimum absolute atomic E-state index is 1.03. The molecule has 1 aliphatic heterocycles. The van der Waals surface area contributed by atoms with Crippen LogP contribution in [0.15, 0.2) is 65.4 Å². The van der Waals surface area contributed by atoms with Crippen LogP contribution < -0.4 is 10.6 Å². The summed E-state index contributed by atoms with van der Waals surface area (Å²) in [6, 6.07) is 21.7. The number of benzene rings is 2. The van der Waals surface area contributed by atoms with Crippen LogP contribution in [0.25, 0.3) is 0 Å². The third-order valence-electron chi connectivity index (χ3n) is 3.35. The van der Waals surface area contributed by atoms with Gasteiger partial charge in [-0.2, -0.15) is 0 Å². The smallest absolute Gasteiger partial charge is 0.0386 e. The summed E-state index contributed by atoms with van der Waals surface area (Å²) in [6.45, 7) is 1.03. The lowest BCUT2D eigenvalue weighted by Gasteiger charge is -2.21. The van der Waals surface area contributed by atoms with Gasteiger partial charge in [-0.15, -0.1) is 0 Å². The Hall–Kier alpha value is -1.33. The van der Waals surface area contributed by atoms with E-state index < -0.39 is 7.05 Å². The Labute approximate surface area is 103 Å². The highest BCUT2D eigenvalue weighted by Crippen LogP contribution is 2.51. The first-order chi connectivity index (χ1) is 8.42. The van der Waals surface area contributed by atoms with Crippen LogP contribution in [0, 0.1) is 0 Å². The second kappa shape index (κ2) is 4.50. The zero-order chi connectivity index (χ0) is 11.6. The van der Waals surface area contributed by atoms with Crippen LogP contribution in [0.2, 0.25) is 0 Å². The van der Waals surface area contributed by atoms with Gasteiger partial charge in [0, 0.05) is 13.6 Å². The normalized spacial score (nSPS) is 17.6. The highest BCUT2D eigenvalue weighted by Gasteiger charge is 2.26. The van der Waals surface area contributed by atoms with E-state index in [9.17, 15) is 0 Å². The average molecular weight is 241 g/mol. The SMILES string of the molecule is c1ccc(P2(c3ccccc3)=NCCC2)cc1. The summed E-state index contributed by atoms with van der Waals surface area (Å²) in [4.78, 5) is 0. The summed E-state index contributed by atoms with van der Waals surface area (Å²) in [6.07, 6.45) is 2.47. The van der Waals surface area contributed by atoms with E-state index in [1.54, 1.807) is 0 Å². The van der Waals surface area contributed by atoms with Gasteiger partial charge in [0.25, 0.3) is 0 Å². The van der Waals surface area contributed by atoms with Crippen molar-refractivity contribution in [2.75, 3.05) is 12.7 Å². The first-order valence-corrected chi connectivity index (χ1v) is 8.03. The molecule has 86 valence electrons. The second-order valence-corrected chi connectivity index (χ2v) is 7.68. The van der Waals surface area contributed by atoms with E-state index in [4.69, 9.17) is 4.74 Å². The van der Waals surface area contributed by atoms with E-state index >= 15 is 0 Å². The van der Waals surface area contributed by atoms with Gasteiger partial charge in [0.1, 0.15) is 0 Å². The Morgan fingerprint density at radius 2 is 1.29 bits per heavy atom. The number of nitrogens with zero attached hydrogens (tertiary/aromatic N) is 1. The quantitative estimate of drug-likeness (QED) is 0.716. The third-order valence-corrected chi connectivity index (χ3v) is 7.30. The van der Waals surface area contributed by atoms with Crippen LogP contribution >= 0.6 is 7.05 Å². The summed E-state index contributed by atoms with van der Waals surface area (Å²) in [5.74, 6) is 0. The van der Waals surface area contributed by atoms with Crippen molar-refractivity contribution >= 4 is 17.7 Å². The minimum Gasteiger partial charge on any atom is -0.294 e. The molecule has 17 heavy (non-hydrogen) atoms. The van der Waals surface area contributed by atoms with Crippen LogP contribution in [0.5, 0.6) is 0 Å². The number of hydrogen-bond donors (Lipinski definition) is 0. The molecule has 0 spiro atoms. The maximum Gasteiger partial charge on any atom is 0.0386 e. The van der Waals surface area contributed by atoms with Crippen molar-refractivity contribution in [1.82, 2.24) is 0 Å². The van der Waals surface area contributed by atoms with Crippen LogP contribution in [-0.4, -0.2) is 12.7 Å². The fraction of sp³-hybridized carbons (Fsp3) is 0.200. The highest BCUT2D eigenvalue weighted by molar-refractivity contribution is 7.81. The molecule has 0 aromatic heterocycles. The van der Waals surface area contributed by atoms with Crippen LogP contribution in [0.4, 0.5) is 0 Å². The van der Waals surface area contributed by atoms with Gasteiger partial charge in [-0.25, -0.2) is 0 Å². The maximum absolute atomic E-state index is 5.02. The molecule has 1 heterocycles. The first kappa shape index (κ1) is 10.8. The van der Waals surface area contributed by atoms with E-state index in [-0.39, 0.29) is 0 Å². The van der Waals surface area contributed by atoms with Gasteiger partial charge in [-0.1, -0.05) is 60.7 Å². The predicted octanol–water partition coefficient (Wildman–Crippen LogP) is 3.24. The molecule has 0 aliphatic carbocycles. The molecule has 2 aromatic carbocycles. The largest absolute Gasteiger partial charge is 0.294 e. The molecule has 3 rings (SSSR count). The Morgan fingerprint density at radius 1 is 0.765 bits per heavy atom. The zero-order valence-electron chi connectivity index (χ0n) is 9.79. The second-order valence-electron chi connectivity index (χ2n) is 4.38. The van der Waals surface area contributed by atoms with Crippen LogP contribution in [0.3, 0.4) is 0 Å². The van der Waals surface area contributed by atoms with Crippen molar-refractivity contribution in [3.05, 3.63) is 60.7 Å². The van der Waals surface area contributed by atoms with E-state index in [1.807, 2.05) is 0 Å². The topological polar surface area (TPSA) is 12.4 Å². The van der Waals surface area contributed by atoms with Crippen molar-refractivity contribution in [3.8, 4) is 0 Å². The summed E-state index contributed by atoms with van der Waals surface area (Å²) in [7, 11) is -1.43. The molecule has 1 nitrogen and oxygen atoms in total. The molecule has 0 bridgehead atoms. The molecule has 0 atom stereocenters. The molecule has 0 unspecified atom stereocenters. The average Bonchev–Trinajstić information content (AvgIpc) is 2.91. The highest BCUT2D eigenvalue weighted by atomic mass is 31.2. The fourth-order valence-corrected chi connectivity index (χ4v) is 6.23. The molecule has 0 radical (unpaired) electrons. The van der Waals surface area contributed by atoms with Crippen molar-refractivity contribution in [3.63, 3.8) is 0 Å². The Bertz CT molecular complexity index is 502. The molecule has 0 fully saturated rings. The number of rotatable bonds is 2. The van der Waals surface area contributed by atoms with E-state index in [0.29, 0.717) is 0 Å². The molecule has 0 saturated carbocycles. The van der Waals surface area contributed by atoms with E-state index in [0.717, 1.165) is 6.54 Å². The van der Waals surface area contributed by atoms with Crippen molar-refractivity contribution in [1.29, 1.82) is 0 Å². The molecule has 2 heteroatoms. The minimum atomic E-state index is -1.43. The first-order valence-electron chi connectivity index (χ1n) is 6.10. The third kappa shape index (κ3) is 1.85. The molecule has 0 saturated heterocycles. The summed E-state index contributed by atoms with van der Waals surface area (Å²) >= 11 is 0. The van der Waals surface area contributed by atoms with Gasteiger partial charge in [0.15, 0.2) is 0 Å². The summed E-state index contributed by atoms with van der Waals surface area (Å²) < 4.78 is 5.02. The molecular formula is C15H16NP. The Kier molecular flexibility index (Phi) is 2.86. The van der Waals surface area contributed by atoms with E-state index in [1.165, 1.54) is 23.2 Å². The fourth-order valence-electron chi connectivity index (χ4n) is 2.53. The van der Waals surface area contributed by atoms with Gasteiger partial charge in [0.2, 0.25) is 0 Å². The standard InChI is InChI=1S/C15H16NP/c1-3-8-14(9-4-1)17(13-7-12-16-17)15-10-5-2-6-11-15/h1-6,8-11H,7,12-13H2. The van der Waals surface area contributed by atoms with Crippen LogP contribution in [0.1, 0.15) is 6.42 Å². The zero-order valence-corrected chi connectivity index (χ0v) is 10.7. The summed E-state index contributed by atoms with van der Waals surface area (Å²) in [5, 5.41) is 2.87. The van der Waals surface area contributed by atoms with Gasteiger partial charge in [-0.3, -0.25) is 4.74 Å². The number of hydrogen-bond acceptors (Lipinski definition) is 1. The lowest BCUT2D eigenvalue weighted by molar-refractivity contribution is 0.993. The predicted molar refractivity (Wildman–Crippen MR) is 75.9 cm³/mol. The molecular weight excluding hydrogens is 225 g/mol. The Morgan fingerprint density at radius 3 is 1.71 bits per heavy atom. The molecule has 0 amide bonds. The van der Waals surface area contributed by atoms with Gasteiger partial charge >= 0.3 is 0 Å². The van der Waals surface area contributed by atoms with Gasteiger partial charge in [0.05, 0.1) is 0 Å². The lowest BCUT2D eigenvalue weighted by Crippen LogP contribution is -2.16. The monoisotopic (exact) mass is 241 g/mol. The van der Waals surface area contributed by atoms with Crippen LogP contribution in [-0.2, 0) is 0 Å². The lowest BCUT2D eigenvalue weighted by atomic mass is 10.4. The van der Waals surface area contributed by atoms with E-state index in [2.05, 4.69) is 60.7 Å². The molecule has 2 aromatic rings. The van der Waals surface area contributed by atoms with Gasteiger partial charge in [-0.05, 0) is 23.2 Å². The van der Waals surface area contributed by atoms with Crippen molar-refractivity contribution < 1.29 is 0 Å². The van der Waals surface area contributed by atoms with Crippen molar-refractivity contribution in [2.24, 2.45) is 4.74 Å².